The summed E-state index contributed by atoms with van der Waals surface area (Å²) in [4.78, 5) is 16.0. The van der Waals surface area contributed by atoms with Crippen LogP contribution >= 0.6 is 31.9 Å². The van der Waals surface area contributed by atoms with Gasteiger partial charge in [0.1, 0.15) is 5.69 Å². The number of halogens is 2. The standard InChI is InChI=1S/C11H14Br2N2O2/c1-17-7-8(4-5-12)15-11(16)10-9(13)3-2-6-14-10/h2-3,6,8H,4-5,7H2,1H3,(H,15,16). The van der Waals surface area contributed by atoms with Crippen molar-refractivity contribution in [2.45, 2.75) is 12.5 Å². The third-order valence-electron chi connectivity index (χ3n) is 2.13. The second kappa shape index (κ2) is 7.79. The summed E-state index contributed by atoms with van der Waals surface area (Å²) >= 11 is 6.65. The Balaban J connectivity index is 2.67. The number of hydrogen-bond acceptors (Lipinski definition) is 3. The summed E-state index contributed by atoms with van der Waals surface area (Å²) in [5.74, 6) is -0.194. The highest BCUT2D eigenvalue weighted by Crippen LogP contribution is 2.13. The zero-order valence-electron chi connectivity index (χ0n) is 9.45. The summed E-state index contributed by atoms with van der Waals surface area (Å²) in [6.07, 6.45) is 2.40. The van der Waals surface area contributed by atoms with E-state index in [1.165, 1.54) is 0 Å². The molecule has 0 radical (unpaired) electrons. The van der Waals surface area contributed by atoms with Gasteiger partial charge in [-0.15, -0.1) is 0 Å². The lowest BCUT2D eigenvalue weighted by Crippen LogP contribution is -2.38. The normalized spacial score (nSPS) is 12.2. The van der Waals surface area contributed by atoms with Crippen LogP contribution < -0.4 is 5.32 Å². The molecule has 0 saturated carbocycles. The van der Waals surface area contributed by atoms with Gasteiger partial charge in [0.2, 0.25) is 0 Å². The topological polar surface area (TPSA) is 51.2 Å². The predicted octanol–water partition coefficient (Wildman–Crippen LogP) is 2.37. The molecule has 1 amide bonds. The molecule has 0 aliphatic rings. The molecule has 1 unspecified atom stereocenters. The molecule has 1 heterocycles. The van der Waals surface area contributed by atoms with E-state index in [2.05, 4.69) is 42.2 Å². The largest absolute Gasteiger partial charge is 0.383 e. The minimum atomic E-state index is -0.194. The Labute approximate surface area is 117 Å². The van der Waals surface area contributed by atoms with E-state index >= 15 is 0 Å². The minimum Gasteiger partial charge on any atom is -0.383 e. The van der Waals surface area contributed by atoms with Crippen LogP contribution in [0.2, 0.25) is 0 Å². The first-order chi connectivity index (χ1) is 8.19. The summed E-state index contributed by atoms with van der Waals surface area (Å²) < 4.78 is 5.74. The van der Waals surface area contributed by atoms with Crippen LogP contribution in [-0.4, -0.2) is 36.0 Å². The fraction of sp³-hybridized carbons (Fsp3) is 0.455. The summed E-state index contributed by atoms with van der Waals surface area (Å²) in [6.45, 7) is 0.488. The van der Waals surface area contributed by atoms with E-state index in [4.69, 9.17) is 4.74 Å². The second-order valence-corrected chi connectivity index (χ2v) is 5.08. The molecule has 1 N–H and O–H groups in total. The monoisotopic (exact) mass is 364 g/mol. The highest BCUT2D eigenvalue weighted by Gasteiger charge is 2.16. The van der Waals surface area contributed by atoms with Crippen molar-refractivity contribution >= 4 is 37.8 Å². The molecular weight excluding hydrogens is 352 g/mol. The van der Waals surface area contributed by atoms with Crippen LogP contribution in [0.1, 0.15) is 16.9 Å². The van der Waals surface area contributed by atoms with Gasteiger partial charge in [0.05, 0.1) is 12.6 Å². The molecule has 0 saturated heterocycles. The van der Waals surface area contributed by atoms with Crippen LogP contribution in [0.5, 0.6) is 0 Å². The van der Waals surface area contributed by atoms with Crippen LogP contribution in [-0.2, 0) is 4.74 Å². The Bertz CT molecular complexity index is 368. The van der Waals surface area contributed by atoms with Gasteiger partial charge in [-0.25, -0.2) is 4.98 Å². The molecule has 1 aromatic heterocycles. The first-order valence-electron chi connectivity index (χ1n) is 5.15. The molecule has 6 heteroatoms. The zero-order valence-corrected chi connectivity index (χ0v) is 12.6. The molecule has 1 rings (SSSR count). The Hall–Kier alpha value is -0.460. The van der Waals surface area contributed by atoms with E-state index < -0.39 is 0 Å². The number of hydrogen-bond donors (Lipinski definition) is 1. The third kappa shape index (κ3) is 4.73. The maximum atomic E-state index is 12.0. The number of rotatable bonds is 6. The molecule has 0 fully saturated rings. The number of carbonyl (C=O) groups excluding carboxylic acids is 1. The predicted molar refractivity (Wildman–Crippen MR) is 73.5 cm³/mol. The van der Waals surface area contributed by atoms with Crippen molar-refractivity contribution in [2.75, 3.05) is 19.0 Å². The van der Waals surface area contributed by atoms with E-state index in [1.54, 1.807) is 25.4 Å². The Morgan fingerprint density at radius 2 is 2.41 bits per heavy atom. The van der Waals surface area contributed by atoms with E-state index in [0.717, 1.165) is 11.8 Å². The minimum absolute atomic E-state index is 0.0132. The van der Waals surface area contributed by atoms with Gasteiger partial charge in [-0.3, -0.25) is 4.79 Å². The summed E-state index contributed by atoms with van der Waals surface area (Å²) in [7, 11) is 1.62. The Morgan fingerprint density at radius 1 is 1.65 bits per heavy atom. The van der Waals surface area contributed by atoms with Gasteiger partial charge in [-0.2, -0.15) is 0 Å². The fourth-order valence-electron chi connectivity index (χ4n) is 1.34. The van der Waals surface area contributed by atoms with Gasteiger partial charge in [0, 0.05) is 23.1 Å². The van der Waals surface area contributed by atoms with Crippen molar-refractivity contribution in [3.05, 3.63) is 28.5 Å². The van der Waals surface area contributed by atoms with Crippen molar-refractivity contribution in [2.24, 2.45) is 0 Å². The number of amides is 1. The van der Waals surface area contributed by atoms with Crippen molar-refractivity contribution in [3.8, 4) is 0 Å². The van der Waals surface area contributed by atoms with E-state index in [-0.39, 0.29) is 11.9 Å². The number of alkyl halides is 1. The maximum absolute atomic E-state index is 12.0. The van der Waals surface area contributed by atoms with Crippen molar-refractivity contribution in [1.82, 2.24) is 10.3 Å². The number of nitrogens with zero attached hydrogens (tertiary/aromatic N) is 1. The average Bonchev–Trinajstić information content (AvgIpc) is 2.30. The average molecular weight is 366 g/mol. The summed E-state index contributed by atoms with van der Waals surface area (Å²) in [5.41, 5.74) is 0.392. The number of aromatic nitrogens is 1. The first kappa shape index (κ1) is 14.6. The SMILES string of the molecule is COCC(CCBr)NC(=O)c1ncccc1Br. The molecule has 4 nitrogen and oxygen atoms in total. The lowest BCUT2D eigenvalue weighted by Gasteiger charge is -2.16. The van der Waals surface area contributed by atoms with Crippen LogP contribution in [0.15, 0.2) is 22.8 Å². The highest BCUT2D eigenvalue weighted by molar-refractivity contribution is 9.10. The van der Waals surface area contributed by atoms with Gasteiger partial charge in [0.15, 0.2) is 0 Å². The summed E-state index contributed by atoms with van der Waals surface area (Å²) in [6, 6.07) is 3.55. The van der Waals surface area contributed by atoms with Gasteiger partial charge >= 0.3 is 0 Å². The molecule has 1 aromatic rings. The van der Waals surface area contributed by atoms with Crippen molar-refractivity contribution < 1.29 is 9.53 Å². The molecule has 94 valence electrons. The number of ether oxygens (including phenoxy) is 1. The molecule has 1 atom stereocenters. The highest BCUT2D eigenvalue weighted by atomic mass is 79.9. The lowest BCUT2D eigenvalue weighted by atomic mass is 10.2. The number of nitrogens with one attached hydrogen (secondary N) is 1. The van der Waals surface area contributed by atoms with Crippen LogP contribution in [0.3, 0.4) is 0 Å². The Kier molecular flexibility index (Phi) is 6.69. The number of methoxy groups -OCH3 is 1. The van der Waals surface area contributed by atoms with Crippen LogP contribution in [0.4, 0.5) is 0 Å². The van der Waals surface area contributed by atoms with Crippen molar-refractivity contribution in [3.63, 3.8) is 0 Å². The van der Waals surface area contributed by atoms with Crippen LogP contribution in [0.25, 0.3) is 0 Å². The number of carbonyl (C=O) groups is 1. The summed E-state index contributed by atoms with van der Waals surface area (Å²) in [5, 5.41) is 3.70. The maximum Gasteiger partial charge on any atom is 0.271 e. The van der Waals surface area contributed by atoms with Crippen molar-refractivity contribution in [1.29, 1.82) is 0 Å². The molecule has 17 heavy (non-hydrogen) atoms. The van der Waals surface area contributed by atoms with E-state index in [9.17, 15) is 4.79 Å². The Morgan fingerprint density at radius 3 is 3.00 bits per heavy atom. The molecule has 0 aromatic carbocycles. The molecule has 0 bridgehead atoms. The second-order valence-electron chi connectivity index (χ2n) is 3.44. The quantitative estimate of drug-likeness (QED) is 0.787. The third-order valence-corrected chi connectivity index (χ3v) is 3.23. The van der Waals surface area contributed by atoms with E-state index in [1.807, 2.05) is 0 Å². The molecule has 0 aliphatic carbocycles. The van der Waals surface area contributed by atoms with Gasteiger partial charge in [-0.05, 0) is 34.5 Å². The molecular formula is C11H14Br2N2O2. The molecule has 0 spiro atoms. The zero-order chi connectivity index (χ0) is 12.7. The smallest absolute Gasteiger partial charge is 0.271 e. The lowest BCUT2D eigenvalue weighted by molar-refractivity contribution is 0.0889. The van der Waals surface area contributed by atoms with Gasteiger partial charge in [-0.1, -0.05) is 15.9 Å². The van der Waals surface area contributed by atoms with Gasteiger partial charge in [0.25, 0.3) is 5.91 Å². The fourth-order valence-corrected chi connectivity index (χ4v) is 2.32. The van der Waals surface area contributed by atoms with E-state index in [0.29, 0.717) is 16.8 Å². The first-order valence-corrected chi connectivity index (χ1v) is 7.06. The molecule has 0 aliphatic heterocycles. The van der Waals surface area contributed by atoms with Gasteiger partial charge < -0.3 is 10.1 Å². The number of pyridine rings is 1. The van der Waals surface area contributed by atoms with Crippen LogP contribution in [0, 0.1) is 0 Å².